The average molecular weight is 362 g/mol. The first-order valence-corrected chi connectivity index (χ1v) is 8.86. The lowest BCUT2D eigenvalue weighted by Gasteiger charge is -2.32. The molecule has 2 atom stereocenters. The molecular weight excluding hydrogens is 336 g/mol. The van der Waals surface area contributed by atoms with E-state index < -0.39 is 18.0 Å². The molecule has 26 heavy (non-hydrogen) atoms. The molecule has 142 valence electrons. The van der Waals surface area contributed by atoms with Crippen LogP contribution in [0, 0.1) is 11.8 Å². The van der Waals surface area contributed by atoms with Crippen LogP contribution in [0.15, 0.2) is 24.3 Å². The number of carboxylic acids is 1. The largest absolute Gasteiger partial charge is 0.481 e. The Morgan fingerprint density at radius 1 is 1.31 bits per heavy atom. The maximum Gasteiger partial charge on any atom is 0.308 e. The molecule has 1 aliphatic rings. The van der Waals surface area contributed by atoms with Crippen molar-refractivity contribution in [3.63, 3.8) is 0 Å². The van der Waals surface area contributed by atoms with E-state index in [0.29, 0.717) is 17.9 Å². The number of carbonyl (C=O) groups excluding carboxylic acids is 2. The lowest BCUT2D eigenvalue weighted by Crippen LogP contribution is -2.46. The Morgan fingerprint density at radius 2 is 2.00 bits per heavy atom. The third-order valence-corrected chi connectivity index (χ3v) is 4.29. The topological polar surface area (TPSA) is 95.9 Å². The summed E-state index contributed by atoms with van der Waals surface area (Å²) in [6.07, 6.45) is -0.00103. The quantitative estimate of drug-likeness (QED) is 0.738. The number of carboxylic acid groups (broad SMARTS) is 1. The molecule has 2 unspecified atom stereocenters. The molecule has 0 aromatic heterocycles. The van der Waals surface area contributed by atoms with Crippen LogP contribution < -0.4 is 15.0 Å². The fourth-order valence-corrected chi connectivity index (χ4v) is 2.97. The first-order valence-electron chi connectivity index (χ1n) is 8.86. The van der Waals surface area contributed by atoms with Gasteiger partial charge >= 0.3 is 5.97 Å². The number of anilines is 1. The number of nitrogens with zero attached hydrogens (tertiary/aromatic N) is 1. The van der Waals surface area contributed by atoms with Crippen molar-refractivity contribution in [3.05, 3.63) is 24.3 Å². The first kappa shape index (κ1) is 19.8. The summed E-state index contributed by atoms with van der Waals surface area (Å²) >= 11 is 0. The van der Waals surface area contributed by atoms with Crippen LogP contribution in [-0.2, 0) is 14.4 Å². The van der Waals surface area contributed by atoms with Gasteiger partial charge in [0.05, 0.1) is 11.6 Å². The van der Waals surface area contributed by atoms with Crippen LogP contribution in [0.5, 0.6) is 5.75 Å². The molecule has 0 saturated carbocycles. The Balaban J connectivity index is 1.92. The second kappa shape index (κ2) is 8.69. The number of nitrogens with one attached hydrogen (secondary N) is 1. The van der Waals surface area contributed by atoms with Gasteiger partial charge in [-0.3, -0.25) is 14.4 Å². The molecule has 0 fully saturated rings. The highest BCUT2D eigenvalue weighted by Crippen LogP contribution is 2.33. The van der Waals surface area contributed by atoms with Gasteiger partial charge in [-0.2, -0.15) is 0 Å². The summed E-state index contributed by atoms with van der Waals surface area (Å²) in [5, 5.41) is 11.9. The molecule has 1 aliphatic heterocycles. The highest BCUT2D eigenvalue weighted by atomic mass is 16.5. The smallest absolute Gasteiger partial charge is 0.308 e. The lowest BCUT2D eigenvalue weighted by atomic mass is 9.97. The molecule has 1 heterocycles. The highest BCUT2D eigenvalue weighted by Gasteiger charge is 2.31. The van der Waals surface area contributed by atoms with Crippen molar-refractivity contribution in [2.45, 2.75) is 39.7 Å². The molecule has 1 aromatic carbocycles. The van der Waals surface area contributed by atoms with E-state index >= 15 is 0 Å². The Labute approximate surface area is 153 Å². The average Bonchev–Trinajstić information content (AvgIpc) is 2.58. The Bertz CT molecular complexity index is 674. The van der Waals surface area contributed by atoms with E-state index in [1.165, 1.54) is 0 Å². The molecule has 7 heteroatoms. The number of benzene rings is 1. The van der Waals surface area contributed by atoms with Gasteiger partial charge in [-0.1, -0.05) is 26.0 Å². The summed E-state index contributed by atoms with van der Waals surface area (Å²) in [5.41, 5.74) is 0.645. The van der Waals surface area contributed by atoms with Crippen molar-refractivity contribution in [1.29, 1.82) is 0 Å². The number of hydrogen-bond acceptors (Lipinski definition) is 4. The predicted octanol–water partition coefficient (Wildman–Crippen LogP) is 2.05. The van der Waals surface area contributed by atoms with Crippen molar-refractivity contribution in [2.75, 3.05) is 18.0 Å². The van der Waals surface area contributed by atoms with Crippen LogP contribution in [-0.4, -0.2) is 42.1 Å². The zero-order valence-corrected chi connectivity index (χ0v) is 15.4. The second-order valence-corrected chi connectivity index (χ2v) is 6.94. The second-order valence-electron chi connectivity index (χ2n) is 6.94. The Kier molecular flexibility index (Phi) is 6.60. The van der Waals surface area contributed by atoms with Crippen molar-refractivity contribution in [2.24, 2.45) is 11.8 Å². The number of ether oxygens (including phenoxy) is 1. The first-order chi connectivity index (χ1) is 12.3. The molecule has 2 rings (SSSR count). The van der Waals surface area contributed by atoms with Crippen molar-refractivity contribution >= 4 is 23.5 Å². The van der Waals surface area contributed by atoms with Crippen LogP contribution in [0.25, 0.3) is 0 Å². The molecular formula is C19H26N2O5. The monoisotopic (exact) mass is 362 g/mol. The van der Waals surface area contributed by atoms with Crippen molar-refractivity contribution in [1.82, 2.24) is 5.32 Å². The number of hydrogen-bond donors (Lipinski definition) is 2. The minimum atomic E-state index is -0.912. The van der Waals surface area contributed by atoms with Gasteiger partial charge < -0.3 is 20.1 Å². The van der Waals surface area contributed by atoms with Gasteiger partial charge in [-0.05, 0) is 31.4 Å². The third-order valence-electron chi connectivity index (χ3n) is 4.29. The fourth-order valence-electron chi connectivity index (χ4n) is 2.97. The molecule has 0 spiro atoms. The summed E-state index contributed by atoms with van der Waals surface area (Å²) in [6, 6.07) is 7.20. The van der Waals surface area contributed by atoms with Crippen molar-refractivity contribution < 1.29 is 24.2 Å². The van der Waals surface area contributed by atoms with Crippen LogP contribution in [0.4, 0.5) is 5.69 Å². The number of carbonyl (C=O) groups is 3. The maximum atomic E-state index is 12.4. The van der Waals surface area contributed by atoms with Gasteiger partial charge in [0.15, 0.2) is 6.10 Å². The minimum absolute atomic E-state index is 0.0936. The van der Waals surface area contributed by atoms with Crippen LogP contribution >= 0.6 is 0 Å². The zero-order valence-electron chi connectivity index (χ0n) is 15.4. The zero-order chi connectivity index (χ0) is 19.3. The van der Waals surface area contributed by atoms with E-state index in [9.17, 15) is 19.5 Å². The van der Waals surface area contributed by atoms with E-state index in [1.807, 2.05) is 26.0 Å². The summed E-state index contributed by atoms with van der Waals surface area (Å²) in [5.74, 6) is -1.14. The van der Waals surface area contributed by atoms with Gasteiger partial charge in [0.2, 0.25) is 5.91 Å². The van der Waals surface area contributed by atoms with Crippen molar-refractivity contribution in [3.8, 4) is 5.75 Å². The van der Waals surface area contributed by atoms with E-state index in [4.69, 9.17) is 4.74 Å². The molecule has 1 aromatic rings. The van der Waals surface area contributed by atoms with Crippen LogP contribution in [0.2, 0.25) is 0 Å². The maximum absolute atomic E-state index is 12.4. The van der Waals surface area contributed by atoms with E-state index in [1.54, 1.807) is 24.0 Å². The number of aliphatic carboxylic acids is 1. The van der Waals surface area contributed by atoms with Gasteiger partial charge in [0.25, 0.3) is 5.91 Å². The summed E-state index contributed by atoms with van der Waals surface area (Å²) in [6.45, 7) is 5.88. The lowest BCUT2D eigenvalue weighted by molar-refractivity contribution is -0.142. The highest BCUT2D eigenvalue weighted by molar-refractivity contribution is 6.00. The number of rotatable bonds is 8. The summed E-state index contributed by atoms with van der Waals surface area (Å²) in [4.78, 5) is 37.3. The number of para-hydroxylation sites is 2. The molecule has 0 saturated heterocycles. The Morgan fingerprint density at radius 3 is 2.65 bits per heavy atom. The molecule has 0 aliphatic carbocycles. The summed E-state index contributed by atoms with van der Waals surface area (Å²) < 4.78 is 5.57. The fraction of sp³-hybridized carbons (Fsp3) is 0.526. The van der Waals surface area contributed by atoms with E-state index in [-0.39, 0.29) is 37.2 Å². The van der Waals surface area contributed by atoms with Gasteiger partial charge in [-0.25, -0.2) is 0 Å². The third kappa shape index (κ3) is 4.97. The molecule has 2 N–H and O–H groups in total. The minimum Gasteiger partial charge on any atom is -0.481 e. The van der Waals surface area contributed by atoms with E-state index in [2.05, 4.69) is 5.32 Å². The number of amides is 2. The SMILES string of the molecule is CC(C)CC(CNC(=O)CCN1C(=O)C(C)Oc2ccccc21)C(=O)O. The normalized spacial score (nSPS) is 17.5. The molecule has 0 radical (unpaired) electrons. The Hall–Kier alpha value is -2.57. The van der Waals surface area contributed by atoms with Crippen LogP contribution in [0.3, 0.4) is 0 Å². The van der Waals surface area contributed by atoms with Gasteiger partial charge in [-0.15, -0.1) is 0 Å². The standard InChI is InChI=1S/C19H26N2O5/c1-12(2)10-14(19(24)25)11-20-17(22)8-9-21-15-6-4-5-7-16(15)26-13(3)18(21)23/h4-7,12-14H,8-11H2,1-3H3,(H,20,22)(H,24,25). The predicted molar refractivity (Wildman–Crippen MR) is 97.1 cm³/mol. The van der Waals surface area contributed by atoms with Crippen LogP contribution in [0.1, 0.15) is 33.6 Å². The summed E-state index contributed by atoms with van der Waals surface area (Å²) in [7, 11) is 0. The van der Waals surface area contributed by atoms with E-state index in [0.717, 1.165) is 0 Å². The van der Waals surface area contributed by atoms with Gasteiger partial charge in [0.1, 0.15) is 5.75 Å². The van der Waals surface area contributed by atoms with Gasteiger partial charge in [0, 0.05) is 19.5 Å². The number of fused-ring (bicyclic) bond motifs is 1. The molecule has 0 bridgehead atoms. The molecule has 2 amide bonds. The molecule has 7 nitrogen and oxygen atoms in total.